The molecule has 0 saturated carbocycles. The largest absolute Gasteiger partial charge is 0.486 e. The van der Waals surface area contributed by atoms with Crippen LogP contribution in [0.1, 0.15) is 20.3 Å². The molecule has 0 aromatic heterocycles. The van der Waals surface area contributed by atoms with Gasteiger partial charge in [0.05, 0.1) is 4.90 Å². The van der Waals surface area contributed by atoms with Gasteiger partial charge < -0.3 is 14.6 Å². The van der Waals surface area contributed by atoms with E-state index in [1.807, 2.05) is 0 Å². The highest BCUT2D eigenvalue weighted by Gasteiger charge is 2.30. The molecule has 2 unspecified atom stereocenters. The average Bonchev–Trinajstić information content (AvgIpc) is 2.51. The second-order valence-corrected chi connectivity index (χ2v) is 6.84. The topological polar surface area (TPSA) is 102 Å². The van der Waals surface area contributed by atoms with Gasteiger partial charge in [0.1, 0.15) is 19.3 Å². The van der Waals surface area contributed by atoms with Gasteiger partial charge in [0.2, 0.25) is 10.0 Å². The van der Waals surface area contributed by atoms with Crippen molar-refractivity contribution < 1.29 is 27.8 Å². The summed E-state index contributed by atoms with van der Waals surface area (Å²) in [4.78, 5) is 11.2. The minimum Gasteiger partial charge on any atom is -0.486 e. The Morgan fingerprint density at radius 2 is 1.95 bits per heavy atom. The van der Waals surface area contributed by atoms with Gasteiger partial charge in [-0.1, -0.05) is 20.3 Å². The van der Waals surface area contributed by atoms with Gasteiger partial charge in [0.15, 0.2) is 11.5 Å². The smallest absolute Gasteiger partial charge is 0.322 e. The molecule has 0 amide bonds. The van der Waals surface area contributed by atoms with Crippen LogP contribution in [0, 0.1) is 5.92 Å². The zero-order chi connectivity index (χ0) is 16.3. The number of fused-ring (bicyclic) bond motifs is 1. The number of rotatable bonds is 6. The molecule has 8 heteroatoms. The number of ether oxygens (including phenoxy) is 2. The van der Waals surface area contributed by atoms with Crippen LogP contribution in [0.3, 0.4) is 0 Å². The summed E-state index contributed by atoms with van der Waals surface area (Å²) in [6, 6.07) is 3.03. The highest BCUT2D eigenvalue weighted by atomic mass is 32.2. The number of carbonyl (C=O) groups is 1. The fourth-order valence-electron chi connectivity index (χ4n) is 2.07. The lowest BCUT2D eigenvalue weighted by Gasteiger charge is -2.21. The SMILES string of the molecule is CCC(C)C(NS(=O)(=O)c1ccc2c(c1)OCCO2)C(=O)O. The maximum atomic E-state index is 12.4. The van der Waals surface area contributed by atoms with Crippen LogP contribution in [0.4, 0.5) is 0 Å². The first kappa shape index (κ1) is 16.6. The Balaban J connectivity index is 2.28. The van der Waals surface area contributed by atoms with E-state index in [1.54, 1.807) is 13.8 Å². The molecular weight excluding hydrogens is 310 g/mol. The number of hydrogen-bond donors (Lipinski definition) is 2. The van der Waals surface area contributed by atoms with Crippen LogP contribution in [-0.2, 0) is 14.8 Å². The number of nitrogens with one attached hydrogen (secondary N) is 1. The predicted molar refractivity (Wildman–Crippen MR) is 78.6 cm³/mol. The summed E-state index contributed by atoms with van der Waals surface area (Å²) in [6.07, 6.45) is 0.542. The van der Waals surface area contributed by atoms with Gasteiger partial charge in [0.25, 0.3) is 0 Å². The Bertz CT molecular complexity index is 657. The van der Waals surface area contributed by atoms with Gasteiger partial charge in [-0.25, -0.2) is 8.42 Å². The average molecular weight is 329 g/mol. The minimum atomic E-state index is -3.96. The number of carboxylic acids is 1. The third-order valence-electron chi connectivity index (χ3n) is 3.59. The lowest BCUT2D eigenvalue weighted by Crippen LogP contribution is -2.44. The summed E-state index contributed by atoms with van der Waals surface area (Å²) in [5, 5.41) is 9.21. The molecule has 2 rings (SSSR count). The van der Waals surface area contributed by atoms with Gasteiger partial charge in [0, 0.05) is 6.07 Å². The third kappa shape index (κ3) is 3.50. The Hall–Kier alpha value is -1.80. The Morgan fingerprint density at radius 1 is 1.32 bits per heavy atom. The molecule has 1 heterocycles. The van der Waals surface area contributed by atoms with E-state index in [4.69, 9.17) is 9.47 Å². The van der Waals surface area contributed by atoms with Gasteiger partial charge in [-0.15, -0.1) is 0 Å². The Labute approximate surface area is 129 Å². The summed E-state index contributed by atoms with van der Waals surface area (Å²) in [5.74, 6) is -0.716. The molecule has 7 nitrogen and oxygen atoms in total. The third-order valence-corrected chi connectivity index (χ3v) is 5.02. The molecule has 22 heavy (non-hydrogen) atoms. The van der Waals surface area contributed by atoms with Gasteiger partial charge in [-0.2, -0.15) is 4.72 Å². The van der Waals surface area contributed by atoms with Crippen molar-refractivity contribution in [1.29, 1.82) is 0 Å². The second-order valence-electron chi connectivity index (χ2n) is 5.13. The maximum Gasteiger partial charge on any atom is 0.322 e. The molecule has 0 bridgehead atoms. The van der Waals surface area contributed by atoms with Crippen molar-refractivity contribution in [3.63, 3.8) is 0 Å². The standard InChI is InChI=1S/C14H19NO6S/c1-3-9(2)13(14(16)17)15-22(18,19)10-4-5-11-12(8-10)21-7-6-20-11/h4-5,8-9,13,15H,3,6-7H2,1-2H3,(H,16,17). The van der Waals surface area contributed by atoms with Crippen LogP contribution in [-0.4, -0.2) is 38.7 Å². The van der Waals surface area contributed by atoms with Crippen LogP contribution < -0.4 is 14.2 Å². The van der Waals surface area contributed by atoms with E-state index in [2.05, 4.69) is 4.72 Å². The van der Waals surface area contributed by atoms with E-state index < -0.39 is 22.0 Å². The van der Waals surface area contributed by atoms with Crippen LogP contribution in [0.5, 0.6) is 11.5 Å². The normalized spacial score (nSPS) is 16.8. The lowest BCUT2D eigenvalue weighted by molar-refractivity contribution is -0.140. The molecule has 122 valence electrons. The first-order chi connectivity index (χ1) is 10.3. The van der Waals surface area contributed by atoms with Gasteiger partial charge in [-0.05, 0) is 18.1 Å². The molecular formula is C14H19NO6S. The zero-order valence-corrected chi connectivity index (χ0v) is 13.2. The summed E-state index contributed by atoms with van der Waals surface area (Å²) in [5.41, 5.74) is 0. The summed E-state index contributed by atoms with van der Waals surface area (Å²) >= 11 is 0. The highest BCUT2D eigenvalue weighted by Crippen LogP contribution is 2.32. The van der Waals surface area contributed by atoms with E-state index in [9.17, 15) is 18.3 Å². The minimum absolute atomic E-state index is 0.0497. The van der Waals surface area contributed by atoms with Crippen molar-refractivity contribution in [3.8, 4) is 11.5 Å². The molecule has 0 saturated heterocycles. The van der Waals surface area contributed by atoms with Crippen molar-refractivity contribution in [1.82, 2.24) is 4.72 Å². The molecule has 0 radical (unpaired) electrons. The van der Waals surface area contributed by atoms with Crippen molar-refractivity contribution in [2.75, 3.05) is 13.2 Å². The monoisotopic (exact) mass is 329 g/mol. The first-order valence-electron chi connectivity index (χ1n) is 7.00. The van der Waals surface area contributed by atoms with Crippen LogP contribution in [0.25, 0.3) is 0 Å². The van der Waals surface area contributed by atoms with Crippen LogP contribution >= 0.6 is 0 Å². The van der Waals surface area contributed by atoms with E-state index in [0.29, 0.717) is 31.1 Å². The molecule has 0 fully saturated rings. The van der Waals surface area contributed by atoms with Crippen LogP contribution in [0.15, 0.2) is 23.1 Å². The fraction of sp³-hybridized carbons (Fsp3) is 0.500. The van der Waals surface area contributed by atoms with Crippen molar-refractivity contribution in [2.24, 2.45) is 5.92 Å². The maximum absolute atomic E-state index is 12.4. The first-order valence-corrected chi connectivity index (χ1v) is 8.48. The van der Waals surface area contributed by atoms with Crippen molar-refractivity contribution in [2.45, 2.75) is 31.2 Å². The van der Waals surface area contributed by atoms with E-state index in [1.165, 1.54) is 18.2 Å². The molecule has 1 aliphatic heterocycles. The molecule has 1 aliphatic rings. The molecule has 2 atom stereocenters. The summed E-state index contributed by atoms with van der Waals surface area (Å²) in [7, 11) is -3.96. The van der Waals surface area contributed by atoms with Gasteiger partial charge >= 0.3 is 5.97 Å². The summed E-state index contributed by atoms with van der Waals surface area (Å²) < 4.78 is 37.7. The Morgan fingerprint density at radius 3 is 2.55 bits per heavy atom. The van der Waals surface area contributed by atoms with Crippen molar-refractivity contribution >= 4 is 16.0 Å². The van der Waals surface area contributed by atoms with Gasteiger partial charge in [-0.3, -0.25) is 4.79 Å². The van der Waals surface area contributed by atoms with Crippen LogP contribution in [0.2, 0.25) is 0 Å². The van der Waals surface area contributed by atoms with E-state index in [0.717, 1.165) is 0 Å². The van der Waals surface area contributed by atoms with E-state index in [-0.39, 0.29) is 10.8 Å². The molecule has 1 aromatic carbocycles. The lowest BCUT2D eigenvalue weighted by atomic mass is 10.0. The molecule has 1 aromatic rings. The quantitative estimate of drug-likeness (QED) is 0.814. The molecule has 0 spiro atoms. The fourth-order valence-corrected chi connectivity index (χ4v) is 3.38. The van der Waals surface area contributed by atoms with E-state index >= 15 is 0 Å². The molecule has 2 N–H and O–H groups in total. The summed E-state index contributed by atoms with van der Waals surface area (Å²) in [6.45, 7) is 4.24. The Kier molecular flexibility index (Phi) is 4.92. The number of benzene rings is 1. The zero-order valence-electron chi connectivity index (χ0n) is 12.4. The highest BCUT2D eigenvalue weighted by molar-refractivity contribution is 7.89. The number of hydrogen-bond acceptors (Lipinski definition) is 5. The number of aliphatic carboxylic acids is 1. The predicted octanol–water partition coefficient (Wildman–Crippen LogP) is 1.24. The second kappa shape index (κ2) is 6.53. The van der Waals surface area contributed by atoms with Crippen molar-refractivity contribution in [3.05, 3.63) is 18.2 Å². The molecule has 0 aliphatic carbocycles. The number of carboxylic acid groups (broad SMARTS) is 1. The number of sulfonamides is 1.